The van der Waals surface area contributed by atoms with E-state index in [2.05, 4.69) is 26.9 Å². The molecule has 6 nitrogen and oxygen atoms in total. The normalized spacial score (nSPS) is 10.5. The molecule has 2 rings (SSSR count). The Labute approximate surface area is 115 Å². The summed E-state index contributed by atoms with van der Waals surface area (Å²) in [5, 5.41) is 14.8. The van der Waals surface area contributed by atoms with E-state index in [1.165, 1.54) is 11.8 Å². The Morgan fingerprint density at radius 2 is 2.00 bits per heavy atom. The van der Waals surface area contributed by atoms with Gasteiger partial charge in [0.2, 0.25) is 11.1 Å². The van der Waals surface area contributed by atoms with Gasteiger partial charge in [-0.2, -0.15) is 4.68 Å². The first-order valence-electron chi connectivity index (χ1n) is 5.80. The van der Waals surface area contributed by atoms with Crippen LogP contribution in [-0.2, 0) is 4.79 Å². The second-order valence-electron chi connectivity index (χ2n) is 4.18. The average molecular weight is 277 g/mol. The van der Waals surface area contributed by atoms with E-state index in [1.54, 1.807) is 11.7 Å². The summed E-state index contributed by atoms with van der Waals surface area (Å²) in [5.74, 6) is 0.238. The van der Waals surface area contributed by atoms with Crippen LogP contribution in [0.1, 0.15) is 11.1 Å². The second-order valence-corrected chi connectivity index (χ2v) is 5.12. The quantitative estimate of drug-likeness (QED) is 0.848. The zero-order valence-electron chi connectivity index (χ0n) is 11.0. The molecule has 0 bridgehead atoms. The third-order valence-electron chi connectivity index (χ3n) is 2.50. The van der Waals surface area contributed by atoms with Crippen molar-refractivity contribution < 1.29 is 4.79 Å². The minimum absolute atomic E-state index is 0.0556. The van der Waals surface area contributed by atoms with Crippen molar-refractivity contribution in [2.75, 3.05) is 12.8 Å². The van der Waals surface area contributed by atoms with E-state index in [0.717, 1.165) is 16.8 Å². The number of benzene rings is 1. The molecule has 1 heterocycles. The Hall–Kier alpha value is -1.89. The molecule has 0 aliphatic carbocycles. The molecular formula is C12H15N5OS. The lowest BCUT2D eigenvalue weighted by Gasteiger charge is -2.06. The minimum Gasteiger partial charge on any atom is -0.358 e. The number of tetrazole rings is 1. The predicted octanol–water partition coefficient (Wildman–Crippen LogP) is 1.12. The van der Waals surface area contributed by atoms with Gasteiger partial charge in [-0.1, -0.05) is 17.8 Å². The fraction of sp³-hybridized carbons (Fsp3) is 0.333. The van der Waals surface area contributed by atoms with E-state index in [0.29, 0.717) is 10.9 Å². The highest BCUT2D eigenvalue weighted by atomic mass is 32.2. The van der Waals surface area contributed by atoms with E-state index in [4.69, 9.17) is 0 Å². The number of nitrogens with zero attached hydrogens (tertiary/aromatic N) is 4. The number of aromatic nitrogens is 4. The van der Waals surface area contributed by atoms with Crippen LogP contribution in [0.5, 0.6) is 0 Å². The first-order chi connectivity index (χ1) is 9.10. The first-order valence-corrected chi connectivity index (χ1v) is 6.79. The summed E-state index contributed by atoms with van der Waals surface area (Å²) in [6, 6.07) is 6.10. The molecule has 2 aromatic rings. The van der Waals surface area contributed by atoms with Gasteiger partial charge in [0.1, 0.15) is 0 Å². The predicted molar refractivity (Wildman–Crippen MR) is 73.4 cm³/mol. The van der Waals surface area contributed by atoms with Gasteiger partial charge in [0.15, 0.2) is 0 Å². The van der Waals surface area contributed by atoms with E-state index < -0.39 is 0 Å². The molecule has 19 heavy (non-hydrogen) atoms. The summed E-state index contributed by atoms with van der Waals surface area (Å²) in [4.78, 5) is 11.3. The van der Waals surface area contributed by atoms with Gasteiger partial charge in [-0.05, 0) is 47.5 Å². The monoisotopic (exact) mass is 277 g/mol. The fourth-order valence-corrected chi connectivity index (χ4v) is 2.47. The molecule has 7 heteroatoms. The standard InChI is InChI=1S/C12H15N5OS/c1-8-4-9(2)6-10(5-8)17-12(14-15-16-17)19-7-11(18)13-3/h4-6H,7H2,1-3H3,(H,13,18). The lowest BCUT2D eigenvalue weighted by Crippen LogP contribution is -2.20. The van der Waals surface area contributed by atoms with Crippen LogP contribution in [0.15, 0.2) is 23.4 Å². The van der Waals surface area contributed by atoms with Crippen LogP contribution in [0.3, 0.4) is 0 Å². The van der Waals surface area contributed by atoms with Gasteiger partial charge in [0, 0.05) is 7.05 Å². The Morgan fingerprint density at radius 1 is 1.32 bits per heavy atom. The fourth-order valence-electron chi connectivity index (χ4n) is 1.71. The summed E-state index contributed by atoms with van der Waals surface area (Å²) in [7, 11) is 1.61. The van der Waals surface area contributed by atoms with Crippen molar-refractivity contribution in [3.63, 3.8) is 0 Å². The van der Waals surface area contributed by atoms with Crippen LogP contribution in [0, 0.1) is 13.8 Å². The van der Waals surface area contributed by atoms with Gasteiger partial charge in [0.25, 0.3) is 0 Å². The summed E-state index contributed by atoms with van der Waals surface area (Å²) in [6.07, 6.45) is 0. The van der Waals surface area contributed by atoms with Gasteiger partial charge >= 0.3 is 0 Å². The SMILES string of the molecule is CNC(=O)CSc1nnnn1-c1cc(C)cc(C)c1. The number of thioether (sulfide) groups is 1. The van der Waals surface area contributed by atoms with E-state index >= 15 is 0 Å². The highest BCUT2D eigenvalue weighted by molar-refractivity contribution is 7.99. The maximum absolute atomic E-state index is 11.3. The van der Waals surface area contributed by atoms with Crippen LogP contribution >= 0.6 is 11.8 Å². The third-order valence-corrected chi connectivity index (χ3v) is 3.42. The van der Waals surface area contributed by atoms with Crippen LogP contribution in [0.25, 0.3) is 5.69 Å². The Balaban J connectivity index is 2.25. The number of nitrogens with one attached hydrogen (secondary N) is 1. The van der Waals surface area contributed by atoms with E-state index in [1.807, 2.05) is 26.0 Å². The smallest absolute Gasteiger partial charge is 0.230 e. The number of carbonyl (C=O) groups is 1. The van der Waals surface area contributed by atoms with Gasteiger partial charge < -0.3 is 5.32 Å². The number of carbonyl (C=O) groups excluding carboxylic acids is 1. The highest BCUT2D eigenvalue weighted by Gasteiger charge is 2.11. The van der Waals surface area contributed by atoms with Crippen molar-refractivity contribution in [2.24, 2.45) is 0 Å². The minimum atomic E-state index is -0.0556. The Kier molecular flexibility index (Phi) is 4.16. The summed E-state index contributed by atoms with van der Waals surface area (Å²) < 4.78 is 1.65. The molecule has 100 valence electrons. The van der Waals surface area contributed by atoms with Crippen molar-refractivity contribution in [2.45, 2.75) is 19.0 Å². The molecule has 0 aliphatic rings. The molecular weight excluding hydrogens is 262 g/mol. The first kappa shape index (κ1) is 13.5. The lowest BCUT2D eigenvalue weighted by atomic mass is 10.1. The van der Waals surface area contributed by atoms with Crippen LogP contribution in [0.4, 0.5) is 0 Å². The molecule has 1 N–H and O–H groups in total. The number of hydrogen-bond acceptors (Lipinski definition) is 5. The largest absolute Gasteiger partial charge is 0.358 e. The van der Waals surface area contributed by atoms with Gasteiger partial charge in [0.05, 0.1) is 11.4 Å². The molecule has 1 aromatic carbocycles. The molecule has 0 radical (unpaired) electrons. The summed E-state index contributed by atoms with van der Waals surface area (Å²) in [5.41, 5.74) is 3.20. The van der Waals surface area contributed by atoms with E-state index in [9.17, 15) is 4.79 Å². The highest BCUT2D eigenvalue weighted by Crippen LogP contribution is 2.19. The van der Waals surface area contributed by atoms with Crippen molar-refractivity contribution in [1.29, 1.82) is 0 Å². The van der Waals surface area contributed by atoms with Crippen molar-refractivity contribution in [3.05, 3.63) is 29.3 Å². The Morgan fingerprint density at radius 3 is 2.63 bits per heavy atom. The number of aryl methyl sites for hydroxylation is 2. The second kappa shape index (κ2) is 5.83. The van der Waals surface area contributed by atoms with E-state index in [-0.39, 0.29) is 5.91 Å². The van der Waals surface area contributed by atoms with Crippen LogP contribution in [-0.4, -0.2) is 38.9 Å². The maximum atomic E-state index is 11.3. The molecule has 1 aromatic heterocycles. The Bertz CT molecular complexity index is 575. The molecule has 0 saturated carbocycles. The summed E-state index contributed by atoms with van der Waals surface area (Å²) in [6.45, 7) is 4.05. The number of hydrogen-bond donors (Lipinski definition) is 1. The molecule has 0 unspecified atom stereocenters. The van der Waals surface area contributed by atoms with Crippen LogP contribution < -0.4 is 5.32 Å². The molecule has 1 amide bonds. The summed E-state index contributed by atoms with van der Waals surface area (Å²) >= 11 is 1.31. The molecule has 0 spiro atoms. The average Bonchev–Trinajstić information content (AvgIpc) is 2.83. The van der Waals surface area contributed by atoms with Crippen molar-refractivity contribution in [3.8, 4) is 5.69 Å². The van der Waals surface area contributed by atoms with Gasteiger partial charge in [-0.3, -0.25) is 4.79 Å². The zero-order chi connectivity index (χ0) is 13.8. The van der Waals surface area contributed by atoms with Crippen molar-refractivity contribution in [1.82, 2.24) is 25.5 Å². The molecule has 0 atom stereocenters. The van der Waals surface area contributed by atoms with Crippen LogP contribution in [0.2, 0.25) is 0 Å². The van der Waals surface area contributed by atoms with Crippen molar-refractivity contribution >= 4 is 17.7 Å². The molecule has 0 fully saturated rings. The third kappa shape index (κ3) is 3.31. The lowest BCUT2D eigenvalue weighted by molar-refractivity contribution is -0.118. The zero-order valence-corrected chi connectivity index (χ0v) is 11.9. The number of rotatable bonds is 4. The number of amides is 1. The molecule has 0 saturated heterocycles. The topological polar surface area (TPSA) is 72.7 Å². The maximum Gasteiger partial charge on any atom is 0.230 e. The van der Waals surface area contributed by atoms with Gasteiger partial charge in [-0.15, -0.1) is 5.10 Å². The van der Waals surface area contributed by atoms with Gasteiger partial charge in [-0.25, -0.2) is 0 Å². The molecule has 0 aliphatic heterocycles.